The SMILES string of the molecule is CC(C)(C)OC(=O)NC[C@H]1C[C@@H](n2cc(Br)c3c(Cl)nc(Cl)nc32)[C@@H]2OC(C)(C)O[C@H]12. The topological polar surface area (TPSA) is 87.5 Å². The molecule has 4 atom stereocenters. The van der Waals surface area contributed by atoms with E-state index in [1.54, 1.807) is 0 Å². The Bertz CT molecular complexity index is 1020. The number of carbonyl (C=O) groups excluding carboxylic acids is 1. The monoisotopic (exact) mass is 534 g/mol. The summed E-state index contributed by atoms with van der Waals surface area (Å²) in [5.41, 5.74) is 0.0589. The van der Waals surface area contributed by atoms with Gasteiger partial charge in [0.15, 0.2) is 5.79 Å². The number of nitrogens with one attached hydrogen (secondary N) is 1. The van der Waals surface area contributed by atoms with Gasteiger partial charge in [0, 0.05) is 23.1 Å². The molecule has 8 nitrogen and oxygen atoms in total. The van der Waals surface area contributed by atoms with Gasteiger partial charge in [-0.25, -0.2) is 9.78 Å². The molecule has 2 aromatic heterocycles. The van der Waals surface area contributed by atoms with Gasteiger partial charge in [0.05, 0.1) is 17.5 Å². The number of ether oxygens (including phenoxy) is 3. The molecule has 170 valence electrons. The first-order valence-electron chi connectivity index (χ1n) is 10.1. The number of rotatable bonds is 3. The standard InChI is InChI=1S/C20H25BrCl2N4O4/c1-19(2,3)31-18(28)24-7-9-6-11(14-13(9)29-20(4,5)30-14)27-8-10(21)12-15(22)25-17(23)26-16(12)27/h8-9,11,13-14H,6-7H2,1-5H3,(H,24,28)/t9-,11-,13-,14+/m1/s1. The van der Waals surface area contributed by atoms with Gasteiger partial charge in [0.1, 0.15) is 22.5 Å². The number of amides is 1. The third kappa shape index (κ3) is 4.66. The second-order valence-corrected chi connectivity index (χ2v) is 10.9. The number of nitrogens with zero attached hydrogens (tertiary/aromatic N) is 3. The van der Waals surface area contributed by atoms with Crippen molar-refractivity contribution in [2.75, 3.05) is 6.54 Å². The highest BCUT2D eigenvalue weighted by Crippen LogP contribution is 2.48. The Morgan fingerprint density at radius 2 is 2.00 bits per heavy atom. The van der Waals surface area contributed by atoms with Crippen LogP contribution < -0.4 is 5.32 Å². The molecule has 0 radical (unpaired) electrons. The fourth-order valence-electron chi connectivity index (χ4n) is 4.35. The summed E-state index contributed by atoms with van der Waals surface area (Å²) in [7, 11) is 0. The molecule has 3 heterocycles. The molecule has 0 aromatic carbocycles. The number of hydrogen-bond donors (Lipinski definition) is 1. The van der Waals surface area contributed by atoms with Crippen molar-refractivity contribution in [2.45, 2.75) is 70.7 Å². The lowest BCUT2D eigenvalue weighted by Crippen LogP contribution is -2.38. The van der Waals surface area contributed by atoms with Crippen LogP contribution in [-0.4, -0.2) is 50.8 Å². The highest BCUT2D eigenvalue weighted by molar-refractivity contribution is 9.10. The second-order valence-electron chi connectivity index (χ2n) is 9.38. The van der Waals surface area contributed by atoms with Crippen molar-refractivity contribution < 1.29 is 19.0 Å². The smallest absolute Gasteiger partial charge is 0.407 e. The predicted octanol–water partition coefficient (Wildman–Crippen LogP) is 5.11. The van der Waals surface area contributed by atoms with Gasteiger partial charge in [-0.3, -0.25) is 0 Å². The largest absolute Gasteiger partial charge is 0.444 e. The summed E-state index contributed by atoms with van der Waals surface area (Å²) >= 11 is 15.9. The third-order valence-electron chi connectivity index (χ3n) is 5.37. The van der Waals surface area contributed by atoms with Crippen LogP contribution in [0.4, 0.5) is 4.79 Å². The van der Waals surface area contributed by atoms with Gasteiger partial charge in [-0.2, -0.15) is 4.98 Å². The summed E-state index contributed by atoms with van der Waals surface area (Å²) in [5, 5.41) is 3.92. The number of hydrogen-bond acceptors (Lipinski definition) is 6. The lowest BCUT2D eigenvalue weighted by Gasteiger charge is -2.25. The van der Waals surface area contributed by atoms with Crippen LogP contribution in [0.25, 0.3) is 11.0 Å². The zero-order valence-corrected chi connectivity index (χ0v) is 21.0. The van der Waals surface area contributed by atoms with Crippen LogP contribution in [0, 0.1) is 5.92 Å². The van der Waals surface area contributed by atoms with Gasteiger partial charge >= 0.3 is 6.09 Å². The maximum Gasteiger partial charge on any atom is 0.407 e. The van der Waals surface area contributed by atoms with Gasteiger partial charge in [-0.15, -0.1) is 0 Å². The van der Waals surface area contributed by atoms with Gasteiger partial charge in [-0.1, -0.05) is 11.6 Å². The average Bonchev–Trinajstić information content (AvgIpc) is 3.20. The zero-order valence-electron chi connectivity index (χ0n) is 17.9. The third-order valence-corrected chi connectivity index (χ3v) is 6.41. The van der Waals surface area contributed by atoms with Crippen molar-refractivity contribution in [2.24, 2.45) is 5.92 Å². The molecule has 1 N–H and O–H groups in total. The minimum atomic E-state index is -0.733. The quantitative estimate of drug-likeness (QED) is 0.434. The average molecular weight is 536 g/mol. The molecule has 11 heteroatoms. The van der Waals surface area contributed by atoms with E-state index in [1.165, 1.54) is 0 Å². The van der Waals surface area contributed by atoms with E-state index in [0.717, 1.165) is 4.47 Å². The summed E-state index contributed by atoms with van der Waals surface area (Å²) in [5.74, 6) is -0.712. The molecule has 0 unspecified atom stereocenters. The molecule has 1 amide bonds. The molecule has 31 heavy (non-hydrogen) atoms. The molecule has 0 bridgehead atoms. The Labute approximate surface area is 199 Å². The first kappa shape index (κ1) is 23.0. The highest BCUT2D eigenvalue weighted by Gasteiger charge is 2.54. The van der Waals surface area contributed by atoms with Gasteiger partial charge < -0.3 is 24.1 Å². The number of carbonyl (C=O) groups is 1. The summed E-state index contributed by atoms with van der Waals surface area (Å²) in [4.78, 5) is 20.6. The van der Waals surface area contributed by atoms with E-state index in [-0.39, 0.29) is 34.6 Å². The van der Waals surface area contributed by atoms with Crippen molar-refractivity contribution in [1.82, 2.24) is 19.9 Å². The lowest BCUT2D eigenvalue weighted by molar-refractivity contribution is -0.160. The van der Waals surface area contributed by atoms with Crippen molar-refractivity contribution in [3.63, 3.8) is 0 Å². The van der Waals surface area contributed by atoms with Crippen LogP contribution in [0.15, 0.2) is 10.7 Å². The van der Waals surface area contributed by atoms with Crippen LogP contribution in [0.2, 0.25) is 10.4 Å². The van der Waals surface area contributed by atoms with Crippen LogP contribution in [-0.2, 0) is 14.2 Å². The van der Waals surface area contributed by atoms with Crippen molar-refractivity contribution in [3.8, 4) is 0 Å². The normalized spacial score (nSPS) is 27.5. The first-order valence-corrected chi connectivity index (χ1v) is 11.6. The minimum Gasteiger partial charge on any atom is -0.444 e. The molecular weight excluding hydrogens is 511 g/mol. The molecule has 0 spiro atoms. The molecule has 2 aliphatic rings. The van der Waals surface area contributed by atoms with E-state index in [9.17, 15) is 4.79 Å². The van der Waals surface area contributed by atoms with E-state index in [2.05, 4.69) is 31.2 Å². The summed E-state index contributed by atoms with van der Waals surface area (Å²) in [6, 6.07) is -0.0898. The van der Waals surface area contributed by atoms with Gasteiger partial charge in [-0.05, 0) is 68.6 Å². The van der Waals surface area contributed by atoms with E-state index in [4.69, 9.17) is 37.4 Å². The van der Waals surface area contributed by atoms with Crippen LogP contribution in [0.1, 0.15) is 47.1 Å². The van der Waals surface area contributed by atoms with Crippen molar-refractivity contribution in [1.29, 1.82) is 0 Å². The number of fused-ring (bicyclic) bond motifs is 2. The van der Waals surface area contributed by atoms with Gasteiger partial charge in [0.25, 0.3) is 0 Å². The fraction of sp³-hybridized carbons (Fsp3) is 0.650. The highest BCUT2D eigenvalue weighted by atomic mass is 79.9. The molecule has 2 aromatic rings. The summed E-state index contributed by atoms with van der Waals surface area (Å²) < 4.78 is 20.6. The number of alkyl carbamates (subject to hydrolysis) is 1. The Hall–Kier alpha value is -1.13. The molecule has 1 saturated heterocycles. The van der Waals surface area contributed by atoms with Crippen LogP contribution >= 0.6 is 39.1 Å². The van der Waals surface area contributed by atoms with E-state index in [1.807, 2.05) is 45.4 Å². The number of aromatic nitrogens is 3. The van der Waals surface area contributed by atoms with E-state index < -0.39 is 17.5 Å². The molecule has 1 aliphatic carbocycles. The molecule has 4 rings (SSSR count). The van der Waals surface area contributed by atoms with Crippen molar-refractivity contribution >= 4 is 56.3 Å². The Kier molecular flexibility index (Phi) is 5.96. The fourth-order valence-corrected chi connectivity index (χ4v) is 5.52. The van der Waals surface area contributed by atoms with E-state index in [0.29, 0.717) is 24.0 Å². The summed E-state index contributed by atoms with van der Waals surface area (Å²) in [6.07, 6.45) is 1.75. The molecule has 2 fully saturated rings. The van der Waals surface area contributed by atoms with Crippen LogP contribution in [0.3, 0.4) is 0 Å². The number of halogens is 3. The van der Waals surface area contributed by atoms with Gasteiger partial charge in [0.2, 0.25) is 5.28 Å². The Morgan fingerprint density at radius 3 is 2.68 bits per heavy atom. The van der Waals surface area contributed by atoms with Crippen molar-refractivity contribution in [3.05, 3.63) is 21.1 Å². The van der Waals surface area contributed by atoms with Crippen LogP contribution in [0.5, 0.6) is 0 Å². The Balaban J connectivity index is 1.62. The zero-order chi connectivity index (χ0) is 22.7. The molecular formula is C20H25BrCl2N4O4. The molecule has 1 saturated carbocycles. The maximum atomic E-state index is 12.2. The molecule has 1 aliphatic heterocycles. The minimum absolute atomic E-state index is 0.0216. The Morgan fingerprint density at radius 1 is 1.32 bits per heavy atom. The second kappa shape index (κ2) is 8.02. The first-order chi connectivity index (χ1) is 14.3. The summed E-state index contributed by atoms with van der Waals surface area (Å²) in [6.45, 7) is 9.68. The predicted molar refractivity (Wildman–Crippen MR) is 120 cm³/mol. The lowest BCUT2D eigenvalue weighted by atomic mass is 10.1. The van der Waals surface area contributed by atoms with E-state index >= 15 is 0 Å². The maximum absolute atomic E-state index is 12.2.